The number of oxime groups is 1. The second-order valence-corrected chi connectivity index (χ2v) is 7.20. The van der Waals surface area contributed by atoms with Crippen molar-refractivity contribution in [3.63, 3.8) is 0 Å². The molecule has 0 spiro atoms. The molecule has 1 atom stereocenters. The van der Waals surface area contributed by atoms with Crippen molar-refractivity contribution in [1.82, 2.24) is 0 Å². The van der Waals surface area contributed by atoms with Gasteiger partial charge in [-0.1, -0.05) is 12.1 Å². The van der Waals surface area contributed by atoms with Crippen molar-refractivity contribution in [1.29, 1.82) is 0 Å². The van der Waals surface area contributed by atoms with Gasteiger partial charge in [-0.25, -0.2) is 0 Å². The Morgan fingerprint density at radius 1 is 1.00 bits per heavy atom. The van der Waals surface area contributed by atoms with Gasteiger partial charge in [0.05, 0.1) is 11.3 Å². The number of carbonyl (C=O) groups excluding carboxylic acids is 1. The predicted octanol–water partition coefficient (Wildman–Crippen LogP) is 4.64. The molecule has 4 nitrogen and oxygen atoms in total. The van der Waals surface area contributed by atoms with Crippen molar-refractivity contribution in [3.8, 4) is 0 Å². The Hall–Kier alpha value is -1.10. The summed E-state index contributed by atoms with van der Waals surface area (Å²) in [6, 6.07) is 0. The monoisotopic (exact) mass is 381 g/mol. The van der Waals surface area contributed by atoms with Crippen LogP contribution in [-0.2, 0) is 9.63 Å². The summed E-state index contributed by atoms with van der Waals surface area (Å²) in [5.74, 6) is 0.101. The Labute approximate surface area is 185 Å². The molecule has 0 saturated heterocycles. The van der Waals surface area contributed by atoms with Crippen LogP contribution in [0.1, 0.15) is 72.4 Å². The maximum atomic E-state index is 12.9. The molecule has 27 heavy (non-hydrogen) atoms. The van der Waals surface area contributed by atoms with Gasteiger partial charge in [-0.15, -0.1) is 0 Å². The van der Waals surface area contributed by atoms with Gasteiger partial charge in [0.15, 0.2) is 5.78 Å². The molecule has 1 aliphatic carbocycles. The van der Waals surface area contributed by atoms with Gasteiger partial charge >= 0.3 is 29.6 Å². The molecule has 0 amide bonds. The predicted molar refractivity (Wildman–Crippen MR) is 113 cm³/mol. The van der Waals surface area contributed by atoms with E-state index in [0.29, 0.717) is 37.2 Å². The van der Waals surface area contributed by atoms with Crippen molar-refractivity contribution in [2.75, 3.05) is 6.61 Å². The van der Waals surface area contributed by atoms with Crippen molar-refractivity contribution in [3.05, 3.63) is 44.7 Å². The standard InChI is InChI=1S/C22H31NO3.Na.H/c1-8-18(23-26-9-2)22-19(24)10-17(11-20(22)25)21-15(6)13(4)12(3)14(5)16(21)7;;/h17,24H,8-11H2,1-7H3;;/b23-18-;;. The number of nitrogens with zero attached hydrogens (tertiary/aromatic N) is 1. The van der Waals surface area contributed by atoms with Crippen LogP contribution in [0.4, 0.5) is 0 Å². The van der Waals surface area contributed by atoms with Crippen LogP contribution in [-0.4, -0.2) is 52.8 Å². The summed E-state index contributed by atoms with van der Waals surface area (Å²) in [5, 5.41) is 14.7. The molecule has 0 heterocycles. The number of ketones is 1. The van der Waals surface area contributed by atoms with E-state index in [0.717, 1.165) is 0 Å². The summed E-state index contributed by atoms with van der Waals surface area (Å²) in [6.45, 7) is 14.9. The number of aliphatic hydroxyl groups is 1. The minimum atomic E-state index is -0.0475. The molecule has 0 fully saturated rings. The topological polar surface area (TPSA) is 58.9 Å². The third-order valence-corrected chi connectivity index (χ3v) is 5.83. The summed E-state index contributed by atoms with van der Waals surface area (Å²) in [4.78, 5) is 18.0. The van der Waals surface area contributed by atoms with Crippen LogP contribution >= 0.6 is 0 Å². The third kappa shape index (κ3) is 4.67. The summed E-state index contributed by atoms with van der Waals surface area (Å²) in [5.41, 5.74) is 8.43. The normalized spacial score (nSPS) is 17.8. The van der Waals surface area contributed by atoms with Crippen LogP contribution in [0.5, 0.6) is 0 Å². The first-order valence-electron chi connectivity index (χ1n) is 9.45. The van der Waals surface area contributed by atoms with E-state index in [4.69, 9.17) is 4.84 Å². The van der Waals surface area contributed by atoms with Gasteiger partial charge in [-0.3, -0.25) is 4.79 Å². The molecule has 0 saturated carbocycles. The van der Waals surface area contributed by atoms with Crippen LogP contribution in [0, 0.1) is 34.6 Å². The van der Waals surface area contributed by atoms with Crippen LogP contribution < -0.4 is 0 Å². The molecule has 1 unspecified atom stereocenters. The van der Waals surface area contributed by atoms with E-state index in [1.807, 2.05) is 13.8 Å². The van der Waals surface area contributed by atoms with Gasteiger partial charge < -0.3 is 9.94 Å². The molecule has 144 valence electrons. The van der Waals surface area contributed by atoms with Crippen LogP contribution in [0.15, 0.2) is 16.5 Å². The van der Waals surface area contributed by atoms with Gasteiger partial charge in [0.25, 0.3) is 0 Å². The van der Waals surface area contributed by atoms with Crippen molar-refractivity contribution in [2.45, 2.75) is 73.6 Å². The zero-order valence-corrected chi connectivity index (χ0v) is 17.1. The van der Waals surface area contributed by atoms with Crippen LogP contribution in [0.3, 0.4) is 0 Å². The number of benzene rings is 1. The van der Waals surface area contributed by atoms with Crippen molar-refractivity contribution in [2.24, 2.45) is 5.16 Å². The zero-order valence-electron chi connectivity index (χ0n) is 17.1. The summed E-state index contributed by atoms with van der Waals surface area (Å²) >= 11 is 0. The molecule has 0 bridgehead atoms. The molecule has 0 aliphatic heterocycles. The first kappa shape index (κ1) is 23.9. The van der Waals surface area contributed by atoms with Crippen molar-refractivity contribution >= 4 is 41.1 Å². The maximum absolute atomic E-state index is 12.9. The van der Waals surface area contributed by atoms with Crippen LogP contribution in [0.25, 0.3) is 0 Å². The summed E-state index contributed by atoms with van der Waals surface area (Å²) in [6.07, 6.45) is 1.42. The molecule has 1 N–H and O–H groups in total. The molecule has 5 heteroatoms. The molecule has 1 aromatic rings. The Balaban J connectivity index is 0.00000364. The summed E-state index contributed by atoms with van der Waals surface area (Å²) in [7, 11) is 0. The molecule has 0 radical (unpaired) electrons. The number of Topliss-reactive ketones (excluding diaryl/α,β-unsaturated/α-hetero) is 1. The van der Waals surface area contributed by atoms with E-state index in [2.05, 4.69) is 39.8 Å². The zero-order chi connectivity index (χ0) is 19.6. The number of carbonyl (C=O) groups is 1. The minimum absolute atomic E-state index is 0. The Bertz CT molecular complexity index is 764. The van der Waals surface area contributed by atoms with E-state index in [1.165, 1.54) is 33.4 Å². The van der Waals surface area contributed by atoms with Gasteiger partial charge in [-0.2, -0.15) is 0 Å². The van der Waals surface area contributed by atoms with E-state index >= 15 is 0 Å². The SMILES string of the molecule is CCO/N=C(/CC)C1=C(O)CC(c2c(C)c(C)c(C)c(C)c2C)CC1=O.[NaH]. The van der Waals surface area contributed by atoms with E-state index < -0.39 is 0 Å². The third-order valence-electron chi connectivity index (χ3n) is 5.83. The fraction of sp³-hybridized carbons (Fsp3) is 0.545. The second kappa shape index (κ2) is 9.90. The van der Waals surface area contributed by atoms with Crippen LogP contribution in [0.2, 0.25) is 0 Å². The molecule has 2 rings (SSSR count). The number of hydrogen-bond acceptors (Lipinski definition) is 4. The number of allylic oxidation sites excluding steroid dienone is 2. The fourth-order valence-corrected chi connectivity index (χ4v) is 4.00. The Kier molecular flexibility index (Phi) is 8.78. The molecular formula is C22H32NNaO3. The quantitative estimate of drug-likeness (QED) is 0.459. The van der Waals surface area contributed by atoms with E-state index in [-0.39, 0.29) is 47.0 Å². The molecule has 1 aromatic carbocycles. The second-order valence-electron chi connectivity index (χ2n) is 7.20. The van der Waals surface area contributed by atoms with Gasteiger partial charge in [0, 0.05) is 12.8 Å². The average molecular weight is 381 g/mol. The summed E-state index contributed by atoms with van der Waals surface area (Å²) < 4.78 is 0. The van der Waals surface area contributed by atoms with Gasteiger partial charge in [-0.05, 0) is 87.3 Å². The number of aliphatic hydroxyl groups excluding tert-OH is 1. The molecule has 1 aliphatic rings. The first-order chi connectivity index (χ1) is 12.2. The van der Waals surface area contributed by atoms with Gasteiger partial charge in [0.2, 0.25) is 0 Å². The first-order valence-corrected chi connectivity index (χ1v) is 9.45. The van der Waals surface area contributed by atoms with Crippen molar-refractivity contribution < 1.29 is 14.7 Å². The Morgan fingerprint density at radius 2 is 1.52 bits per heavy atom. The number of hydrogen-bond donors (Lipinski definition) is 1. The Morgan fingerprint density at radius 3 is 1.96 bits per heavy atom. The van der Waals surface area contributed by atoms with E-state index in [9.17, 15) is 9.90 Å². The molecular weight excluding hydrogens is 349 g/mol. The molecule has 0 aromatic heterocycles. The van der Waals surface area contributed by atoms with E-state index in [1.54, 1.807) is 0 Å². The average Bonchev–Trinajstić information content (AvgIpc) is 2.60. The van der Waals surface area contributed by atoms with Gasteiger partial charge in [0.1, 0.15) is 12.4 Å². The fourth-order valence-electron chi connectivity index (χ4n) is 4.00. The number of rotatable bonds is 5.